The summed E-state index contributed by atoms with van der Waals surface area (Å²) in [7, 11) is 0. The summed E-state index contributed by atoms with van der Waals surface area (Å²) < 4.78 is 0. The van der Waals surface area contributed by atoms with Crippen molar-refractivity contribution in [3.63, 3.8) is 0 Å². The van der Waals surface area contributed by atoms with Crippen molar-refractivity contribution in [1.82, 2.24) is 10.3 Å². The maximum absolute atomic E-state index is 12.3. The molecule has 0 unspecified atom stereocenters. The van der Waals surface area contributed by atoms with Crippen molar-refractivity contribution in [3.8, 4) is 0 Å². The molecule has 1 heterocycles. The number of carbonyl (C=O) groups excluding carboxylic acids is 1. The molecule has 2 N–H and O–H groups in total. The number of hydrogen-bond donors (Lipinski definition) is 2. The van der Waals surface area contributed by atoms with E-state index in [0.29, 0.717) is 16.8 Å². The monoisotopic (exact) mass is 275 g/mol. The summed E-state index contributed by atoms with van der Waals surface area (Å²) in [6, 6.07) is 3.64. The van der Waals surface area contributed by atoms with Crippen LogP contribution in [0.3, 0.4) is 0 Å². The second-order valence-corrected chi connectivity index (χ2v) is 5.72. The van der Waals surface area contributed by atoms with E-state index in [2.05, 4.69) is 29.5 Å². The number of carbonyl (C=O) groups is 1. The lowest BCUT2D eigenvalue weighted by Gasteiger charge is -2.41. The summed E-state index contributed by atoms with van der Waals surface area (Å²) in [6.45, 7) is 5.92. The van der Waals surface area contributed by atoms with Gasteiger partial charge in [-0.15, -0.1) is 0 Å². The summed E-state index contributed by atoms with van der Waals surface area (Å²) in [5, 5.41) is 6.30. The average molecular weight is 275 g/mol. The number of rotatable bonds is 7. The van der Waals surface area contributed by atoms with E-state index in [9.17, 15) is 4.79 Å². The summed E-state index contributed by atoms with van der Waals surface area (Å²) >= 11 is 0. The zero-order valence-corrected chi connectivity index (χ0v) is 12.5. The zero-order chi connectivity index (χ0) is 14.4. The normalized spacial score (nSPS) is 16.3. The summed E-state index contributed by atoms with van der Waals surface area (Å²) in [6.07, 6.45) is 7.63. The molecule has 1 fully saturated rings. The lowest BCUT2D eigenvalue weighted by atomic mass is 9.67. The van der Waals surface area contributed by atoms with Gasteiger partial charge in [-0.3, -0.25) is 4.79 Å². The summed E-state index contributed by atoms with van der Waals surface area (Å²) in [4.78, 5) is 16.6. The van der Waals surface area contributed by atoms with Gasteiger partial charge in [0.2, 0.25) is 0 Å². The van der Waals surface area contributed by atoms with Crippen molar-refractivity contribution in [2.24, 2.45) is 5.41 Å². The molecule has 1 aromatic heterocycles. The van der Waals surface area contributed by atoms with Gasteiger partial charge in [-0.25, -0.2) is 4.98 Å². The minimum atomic E-state index is -0.0172. The van der Waals surface area contributed by atoms with E-state index in [1.165, 1.54) is 19.3 Å². The fourth-order valence-electron chi connectivity index (χ4n) is 2.67. The highest BCUT2D eigenvalue weighted by Gasteiger charge is 2.35. The molecule has 0 aliphatic heterocycles. The van der Waals surface area contributed by atoms with Crippen LogP contribution in [-0.4, -0.2) is 24.0 Å². The number of nitrogens with zero attached hydrogens (tertiary/aromatic N) is 1. The van der Waals surface area contributed by atoms with E-state index in [1.807, 2.05) is 12.1 Å². The number of hydrogen-bond acceptors (Lipinski definition) is 3. The number of pyridine rings is 1. The van der Waals surface area contributed by atoms with Crippen LogP contribution in [0.25, 0.3) is 0 Å². The van der Waals surface area contributed by atoms with E-state index in [1.54, 1.807) is 6.20 Å². The Morgan fingerprint density at radius 1 is 1.40 bits per heavy atom. The molecule has 0 bridgehead atoms. The fraction of sp³-hybridized carbons (Fsp3) is 0.625. The van der Waals surface area contributed by atoms with Crippen LogP contribution in [0.15, 0.2) is 18.3 Å². The van der Waals surface area contributed by atoms with Gasteiger partial charge >= 0.3 is 0 Å². The smallest absolute Gasteiger partial charge is 0.255 e. The molecule has 110 valence electrons. The van der Waals surface area contributed by atoms with Gasteiger partial charge in [0.25, 0.3) is 5.91 Å². The summed E-state index contributed by atoms with van der Waals surface area (Å²) in [5.41, 5.74) is 0.987. The van der Waals surface area contributed by atoms with Crippen molar-refractivity contribution in [3.05, 3.63) is 23.9 Å². The molecule has 0 spiro atoms. The van der Waals surface area contributed by atoms with Crippen molar-refractivity contribution >= 4 is 11.7 Å². The van der Waals surface area contributed by atoms with Crippen LogP contribution in [0.4, 0.5) is 5.82 Å². The molecular formula is C16H25N3O. The number of amides is 1. The molecule has 0 saturated heterocycles. The summed E-state index contributed by atoms with van der Waals surface area (Å²) in [5.74, 6) is 0.669. The van der Waals surface area contributed by atoms with Crippen LogP contribution < -0.4 is 10.6 Å². The third kappa shape index (κ3) is 3.30. The second kappa shape index (κ2) is 6.73. The molecule has 2 rings (SSSR count). The Kier molecular flexibility index (Phi) is 4.99. The van der Waals surface area contributed by atoms with Gasteiger partial charge in [0, 0.05) is 19.3 Å². The van der Waals surface area contributed by atoms with E-state index < -0.39 is 0 Å². The Balaban J connectivity index is 1.98. The fourth-order valence-corrected chi connectivity index (χ4v) is 2.67. The molecule has 4 heteroatoms. The predicted octanol–water partition coefficient (Wildman–Crippen LogP) is 3.21. The first-order chi connectivity index (χ1) is 9.71. The van der Waals surface area contributed by atoms with Gasteiger partial charge in [-0.05, 0) is 43.2 Å². The minimum Gasteiger partial charge on any atom is -0.369 e. The van der Waals surface area contributed by atoms with E-state index in [0.717, 1.165) is 25.9 Å². The first-order valence-corrected chi connectivity index (χ1v) is 7.68. The molecule has 0 atom stereocenters. The Morgan fingerprint density at radius 3 is 2.80 bits per heavy atom. The third-order valence-electron chi connectivity index (χ3n) is 4.38. The maximum atomic E-state index is 12.3. The van der Waals surface area contributed by atoms with Gasteiger partial charge in [0.15, 0.2) is 0 Å². The van der Waals surface area contributed by atoms with Crippen molar-refractivity contribution < 1.29 is 4.79 Å². The molecule has 1 aliphatic carbocycles. The van der Waals surface area contributed by atoms with Gasteiger partial charge in [0.05, 0.1) is 5.56 Å². The molecule has 1 aromatic rings. The van der Waals surface area contributed by atoms with Crippen LogP contribution >= 0.6 is 0 Å². The Labute approximate surface area is 121 Å². The standard InChI is InChI=1S/C16H25N3O/c1-3-10-17-14-13(7-5-11-18-14)15(20)19-12-16(4-2)8-6-9-16/h5,7,11H,3-4,6,8-10,12H2,1-2H3,(H,17,18)(H,19,20). The van der Waals surface area contributed by atoms with Gasteiger partial charge in [-0.2, -0.15) is 0 Å². The van der Waals surface area contributed by atoms with E-state index >= 15 is 0 Å². The zero-order valence-electron chi connectivity index (χ0n) is 12.5. The molecule has 20 heavy (non-hydrogen) atoms. The quantitative estimate of drug-likeness (QED) is 0.803. The minimum absolute atomic E-state index is 0.0172. The van der Waals surface area contributed by atoms with Gasteiger partial charge in [-0.1, -0.05) is 20.3 Å². The Bertz CT molecular complexity index is 449. The third-order valence-corrected chi connectivity index (χ3v) is 4.38. The van der Waals surface area contributed by atoms with Crippen LogP contribution in [-0.2, 0) is 0 Å². The lowest BCUT2D eigenvalue weighted by Crippen LogP contribution is -2.41. The second-order valence-electron chi connectivity index (χ2n) is 5.72. The Hall–Kier alpha value is -1.58. The highest BCUT2D eigenvalue weighted by molar-refractivity contribution is 5.98. The van der Waals surface area contributed by atoms with Crippen LogP contribution in [0.2, 0.25) is 0 Å². The number of anilines is 1. The van der Waals surface area contributed by atoms with Crippen LogP contribution in [0, 0.1) is 5.41 Å². The first kappa shape index (κ1) is 14.8. The van der Waals surface area contributed by atoms with Crippen molar-refractivity contribution in [2.45, 2.75) is 46.0 Å². The van der Waals surface area contributed by atoms with E-state index in [4.69, 9.17) is 0 Å². The van der Waals surface area contributed by atoms with E-state index in [-0.39, 0.29) is 5.91 Å². The Morgan fingerprint density at radius 2 is 2.20 bits per heavy atom. The van der Waals surface area contributed by atoms with Crippen molar-refractivity contribution in [2.75, 3.05) is 18.4 Å². The van der Waals surface area contributed by atoms with Gasteiger partial charge < -0.3 is 10.6 Å². The highest BCUT2D eigenvalue weighted by Crippen LogP contribution is 2.43. The molecular weight excluding hydrogens is 250 g/mol. The van der Waals surface area contributed by atoms with Gasteiger partial charge in [0.1, 0.15) is 5.82 Å². The van der Waals surface area contributed by atoms with Crippen LogP contribution in [0.1, 0.15) is 56.3 Å². The van der Waals surface area contributed by atoms with Crippen molar-refractivity contribution in [1.29, 1.82) is 0 Å². The maximum Gasteiger partial charge on any atom is 0.255 e. The van der Waals surface area contributed by atoms with Crippen LogP contribution in [0.5, 0.6) is 0 Å². The largest absolute Gasteiger partial charge is 0.369 e. The molecule has 4 nitrogen and oxygen atoms in total. The predicted molar refractivity (Wildman–Crippen MR) is 81.9 cm³/mol. The highest BCUT2D eigenvalue weighted by atomic mass is 16.1. The molecule has 1 aliphatic rings. The number of nitrogens with one attached hydrogen (secondary N) is 2. The first-order valence-electron chi connectivity index (χ1n) is 7.68. The SMILES string of the molecule is CCCNc1ncccc1C(=O)NCC1(CC)CCC1. The average Bonchev–Trinajstić information content (AvgIpc) is 2.44. The molecule has 0 aromatic carbocycles. The molecule has 0 radical (unpaired) electrons. The molecule has 1 saturated carbocycles. The number of aromatic nitrogens is 1. The molecule has 1 amide bonds. The lowest BCUT2D eigenvalue weighted by molar-refractivity contribution is 0.0850. The topological polar surface area (TPSA) is 54.0 Å².